The van der Waals surface area contributed by atoms with Gasteiger partial charge in [0.15, 0.2) is 12.1 Å². The number of carbonyl (C=O) groups is 1. The van der Waals surface area contributed by atoms with Crippen LogP contribution in [0.2, 0.25) is 0 Å². The zero-order valence-electron chi connectivity index (χ0n) is 19.9. The van der Waals surface area contributed by atoms with Crippen LogP contribution < -0.4 is 0 Å². The average Bonchev–Trinajstić information content (AvgIpc) is 3.56. The summed E-state index contributed by atoms with van der Waals surface area (Å²) in [5.41, 5.74) is 6.40. The molecule has 0 unspecified atom stereocenters. The van der Waals surface area contributed by atoms with Crippen molar-refractivity contribution >= 4 is 6.29 Å². The topological polar surface area (TPSA) is 78.5 Å². The van der Waals surface area contributed by atoms with Crippen LogP contribution in [0.3, 0.4) is 0 Å². The van der Waals surface area contributed by atoms with Crippen LogP contribution >= 0.6 is 0 Å². The van der Waals surface area contributed by atoms with Crippen LogP contribution in [0.25, 0.3) is 17.1 Å². The minimum atomic E-state index is -2.50. The Hall–Kier alpha value is -3.75. The van der Waals surface area contributed by atoms with Crippen molar-refractivity contribution in [2.45, 2.75) is 53.0 Å². The molecule has 1 aliphatic rings. The van der Waals surface area contributed by atoms with Crippen LogP contribution in [0.5, 0.6) is 0 Å². The van der Waals surface area contributed by atoms with E-state index in [0.29, 0.717) is 29.4 Å². The summed E-state index contributed by atoms with van der Waals surface area (Å²) in [6.45, 7) is 6.47. The van der Waals surface area contributed by atoms with Crippen molar-refractivity contribution in [1.82, 2.24) is 29.5 Å². The van der Waals surface area contributed by atoms with Crippen LogP contribution in [0.15, 0.2) is 36.7 Å². The summed E-state index contributed by atoms with van der Waals surface area (Å²) in [6, 6.07) is 8.20. The Morgan fingerprint density at radius 2 is 1.83 bits per heavy atom. The first kappa shape index (κ1) is 23.0. The van der Waals surface area contributed by atoms with Crippen molar-refractivity contribution in [3.05, 3.63) is 76.1 Å². The van der Waals surface area contributed by atoms with E-state index in [1.165, 1.54) is 31.3 Å². The fraction of sp³-hybridized carbons (Fsp3) is 0.346. The van der Waals surface area contributed by atoms with Crippen molar-refractivity contribution in [2.24, 2.45) is 5.92 Å². The van der Waals surface area contributed by atoms with Gasteiger partial charge in [-0.3, -0.25) is 9.48 Å². The number of halogens is 2. The zero-order valence-corrected chi connectivity index (χ0v) is 19.9. The lowest BCUT2D eigenvalue weighted by molar-refractivity contribution is 0.112. The summed E-state index contributed by atoms with van der Waals surface area (Å²) in [4.78, 5) is 20.3. The Bertz CT molecular complexity index is 1390. The van der Waals surface area contributed by atoms with Crippen LogP contribution in [-0.2, 0) is 13.0 Å². The van der Waals surface area contributed by atoms with Crippen LogP contribution in [-0.4, -0.2) is 35.8 Å². The molecule has 0 bridgehead atoms. The number of nitrogens with zero attached hydrogens (tertiary/aromatic N) is 6. The second-order valence-electron chi connectivity index (χ2n) is 9.13. The highest BCUT2D eigenvalue weighted by Crippen LogP contribution is 2.34. The molecule has 0 saturated heterocycles. The number of hydrogen-bond donors (Lipinski definition) is 0. The van der Waals surface area contributed by atoms with Gasteiger partial charge in [-0.1, -0.05) is 24.3 Å². The summed E-state index contributed by atoms with van der Waals surface area (Å²) in [7, 11) is 0. The summed E-state index contributed by atoms with van der Waals surface area (Å²) in [6.07, 6.45) is 2.73. The van der Waals surface area contributed by atoms with E-state index < -0.39 is 6.43 Å². The predicted octanol–water partition coefficient (Wildman–Crippen LogP) is 5.20. The van der Waals surface area contributed by atoms with Crippen molar-refractivity contribution in [1.29, 1.82) is 0 Å². The van der Waals surface area contributed by atoms with Crippen molar-refractivity contribution in [2.75, 3.05) is 0 Å². The third kappa shape index (κ3) is 4.50. The molecule has 0 amide bonds. The molecule has 0 N–H and O–H groups in total. The van der Waals surface area contributed by atoms with Gasteiger partial charge in [-0.2, -0.15) is 10.2 Å². The molecule has 1 aliphatic carbocycles. The largest absolute Gasteiger partial charge is 0.298 e. The molecular weight excluding hydrogens is 450 g/mol. The second-order valence-corrected chi connectivity index (χ2v) is 9.13. The van der Waals surface area contributed by atoms with Crippen molar-refractivity contribution < 1.29 is 13.6 Å². The number of hydrogen-bond acceptors (Lipinski definition) is 5. The number of alkyl halides is 2. The van der Waals surface area contributed by atoms with Gasteiger partial charge in [0.1, 0.15) is 6.33 Å². The molecule has 1 saturated carbocycles. The maximum Gasteiger partial charge on any atom is 0.263 e. The van der Waals surface area contributed by atoms with E-state index in [0.717, 1.165) is 46.7 Å². The zero-order chi connectivity index (χ0) is 24.7. The highest BCUT2D eigenvalue weighted by atomic mass is 19.3. The van der Waals surface area contributed by atoms with E-state index in [9.17, 15) is 13.6 Å². The summed E-state index contributed by atoms with van der Waals surface area (Å²) in [5.74, 6) is 1.21. The van der Waals surface area contributed by atoms with Gasteiger partial charge in [0.25, 0.3) is 6.43 Å². The van der Waals surface area contributed by atoms with Gasteiger partial charge in [0, 0.05) is 35.9 Å². The van der Waals surface area contributed by atoms with Gasteiger partial charge in [-0.25, -0.2) is 23.4 Å². The Kier molecular flexibility index (Phi) is 6.00. The molecule has 3 aromatic heterocycles. The Morgan fingerprint density at radius 3 is 2.46 bits per heavy atom. The molecule has 9 heteroatoms. The highest BCUT2D eigenvalue weighted by Gasteiger charge is 2.26. The first-order valence-corrected chi connectivity index (χ1v) is 11.6. The number of carbonyl (C=O) groups excluding carboxylic acids is 1. The van der Waals surface area contributed by atoms with E-state index in [4.69, 9.17) is 5.10 Å². The molecule has 4 aromatic rings. The summed E-state index contributed by atoms with van der Waals surface area (Å²) in [5, 5.41) is 9.35. The van der Waals surface area contributed by atoms with E-state index in [-0.39, 0.29) is 5.56 Å². The maximum absolute atomic E-state index is 13.0. The molecule has 1 fully saturated rings. The first-order valence-electron chi connectivity index (χ1n) is 11.6. The van der Waals surface area contributed by atoms with Gasteiger partial charge in [-0.05, 0) is 45.1 Å². The smallest absolute Gasteiger partial charge is 0.263 e. The molecule has 0 radical (unpaired) electrons. The number of aryl methyl sites for hydroxylation is 1. The van der Waals surface area contributed by atoms with Crippen molar-refractivity contribution in [3.8, 4) is 17.1 Å². The van der Waals surface area contributed by atoms with E-state index in [1.54, 1.807) is 23.7 Å². The SMILES string of the molecule is Cc1nn(-c2cc(Cc3c(C)c(-c4ccc(C(F)F)cc4)nn3CC3CC3)ncn2)c(C)c1C=O. The Balaban J connectivity index is 1.50. The molecule has 5 rings (SSSR count). The molecule has 180 valence electrons. The van der Waals surface area contributed by atoms with Crippen LogP contribution in [0.4, 0.5) is 8.78 Å². The number of aromatic nitrogens is 6. The van der Waals surface area contributed by atoms with Gasteiger partial charge in [0.05, 0.1) is 28.3 Å². The standard InChI is InChI=1S/C26H26F2N6O/c1-15-23(10-21-11-24(30-14-29-21)34-17(3)22(13-35)16(2)31-34)33(12-18-4-5-18)32-25(15)19-6-8-20(9-7-19)26(27)28/h6-9,11,13-14,18,26H,4-5,10,12H2,1-3H3. The second kappa shape index (κ2) is 9.13. The third-order valence-corrected chi connectivity index (χ3v) is 6.62. The lowest BCUT2D eigenvalue weighted by Crippen LogP contribution is -2.10. The normalized spacial score (nSPS) is 13.5. The van der Waals surface area contributed by atoms with E-state index in [2.05, 4.69) is 15.1 Å². The summed E-state index contributed by atoms with van der Waals surface area (Å²) >= 11 is 0. The lowest BCUT2D eigenvalue weighted by Gasteiger charge is -2.09. The fourth-order valence-electron chi connectivity index (χ4n) is 4.39. The van der Waals surface area contributed by atoms with Gasteiger partial charge in [-0.15, -0.1) is 0 Å². The van der Waals surface area contributed by atoms with E-state index >= 15 is 0 Å². The summed E-state index contributed by atoms with van der Waals surface area (Å²) < 4.78 is 29.7. The van der Waals surface area contributed by atoms with Gasteiger partial charge >= 0.3 is 0 Å². The predicted molar refractivity (Wildman–Crippen MR) is 127 cm³/mol. The quantitative estimate of drug-likeness (QED) is 0.327. The van der Waals surface area contributed by atoms with Crippen LogP contribution in [0.1, 0.15) is 63.5 Å². The Labute approximate surface area is 201 Å². The minimum absolute atomic E-state index is 0.000516. The molecule has 0 spiro atoms. The maximum atomic E-state index is 13.0. The Morgan fingerprint density at radius 1 is 1.09 bits per heavy atom. The molecule has 0 atom stereocenters. The lowest BCUT2D eigenvalue weighted by atomic mass is 10.0. The van der Waals surface area contributed by atoms with Crippen molar-refractivity contribution in [3.63, 3.8) is 0 Å². The van der Waals surface area contributed by atoms with Gasteiger partial charge in [0.2, 0.25) is 0 Å². The fourth-order valence-corrected chi connectivity index (χ4v) is 4.39. The monoisotopic (exact) mass is 476 g/mol. The van der Waals surface area contributed by atoms with E-state index in [1.807, 2.05) is 24.6 Å². The molecule has 1 aromatic carbocycles. The highest BCUT2D eigenvalue weighted by molar-refractivity contribution is 5.78. The average molecular weight is 477 g/mol. The number of rotatable bonds is 8. The molecule has 35 heavy (non-hydrogen) atoms. The molecule has 7 nitrogen and oxygen atoms in total. The molecule has 3 heterocycles. The third-order valence-electron chi connectivity index (χ3n) is 6.62. The number of benzene rings is 1. The van der Waals surface area contributed by atoms with Gasteiger partial charge < -0.3 is 0 Å². The first-order chi connectivity index (χ1) is 16.9. The minimum Gasteiger partial charge on any atom is -0.298 e. The molecular formula is C26H26F2N6O. The van der Waals surface area contributed by atoms with Crippen LogP contribution in [0, 0.1) is 26.7 Å². The number of aldehydes is 1. The molecule has 0 aliphatic heterocycles.